The molecule has 4 nitrogen and oxygen atoms in total. The fourth-order valence-electron chi connectivity index (χ4n) is 1.74. The number of rotatable bonds is 8. The van der Waals surface area contributed by atoms with Crippen LogP contribution >= 0.6 is 0 Å². The van der Waals surface area contributed by atoms with Crippen LogP contribution in [-0.4, -0.2) is 42.7 Å². The highest BCUT2D eigenvalue weighted by Gasteiger charge is 2.03. The van der Waals surface area contributed by atoms with Gasteiger partial charge in [0.05, 0.1) is 12.2 Å². The van der Waals surface area contributed by atoms with Crippen molar-refractivity contribution in [2.24, 2.45) is 0 Å². The summed E-state index contributed by atoms with van der Waals surface area (Å²) in [6.07, 6.45) is 2.09. The lowest BCUT2D eigenvalue weighted by atomic mass is 10.2. The standard InChI is InChI=1S/C14H21NO3/c1-3-8-15(2)9-5-10-18-13-7-4-6-12(11-13)14(16)17/h4,6-7,11H,3,5,8-10H2,1-2H3,(H,16,17). The number of nitrogens with zero attached hydrogens (tertiary/aromatic N) is 1. The fraction of sp³-hybridized carbons (Fsp3) is 0.500. The molecule has 0 fully saturated rings. The molecule has 1 N–H and O–H groups in total. The zero-order valence-electron chi connectivity index (χ0n) is 11.1. The van der Waals surface area contributed by atoms with Gasteiger partial charge in [-0.15, -0.1) is 0 Å². The maximum atomic E-state index is 10.8. The first-order chi connectivity index (χ1) is 8.63. The Hall–Kier alpha value is -1.55. The first-order valence-corrected chi connectivity index (χ1v) is 6.28. The molecular weight excluding hydrogens is 230 g/mol. The second kappa shape index (κ2) is 7.71. The number of ether oxygens (including phenoxy) is 1. The van der Waals surface area contributed by atoms with Crippen molar-refractivity contribution in [3.05, 3.63) is 29.8 Å². The van der Waals surface area contributed by atoms with E-state index in [1.165, 1.54) is 0 Å². The summed E-state index contributed by atoms with van der Waals surface area (Å²) in [6.45, 7) is 4.85. The van der Waals surface area contributed by atoms with Crippen molar-refractivity contribution in [3.8, 4) is 5.75 Å². The van der Waals surface area contributed by atoms with Crippen molar-refractivity contribution in [2.75, 3.05) is 26.7 Å². The molecule has 0 aromatic heterocycles. The number of carboxylic acids is 1. The minimum absolute atomic E-state index is 0.260. The SMILES string of the molecule is CCCN(C)CCCOc1cccc(C(=O)O)c1. The van der Waals surface area contributed by atoms with Crippen LogP contribution < -0.4 is 4.74 Å². The lowest BCUT2D eigenvalue weighted by molar-refractivity contribution is 0.0696. The van der Waals surface area contributed by atoms with E-state index in [9.17, 15) is 4.79 Å². The smallest absolute Gasteiger partial charge is 0.335 e. The first kappa shape index (κ1) is 14.5. The average molecular weight is 251 g/mol. The van der Waals surface area contributed by atoms with E-state index >= 15 is 0 Å². The van der Waals surface area contributed by atoms with Crippen LogP contribution in [0.2, 0.25) is 0 Å². The number of carboxylic acid groups (broad SMARTS) is 1. The van der Waals surface area contributed by atoms with Crippen LogP contribution in [0.15, 0.2) is 24.3 Å². The maximum absolute atomic E-state index is 10.8. The number of carbonyl (C=O) groups is 1. The third-order valence-corrected chi connectivity index (χ3v) is 2.64. The molecular formula is C14H21NO3. The van der Waals surface area contributed by atoms with E-state index in [1.807, 2.05) is 0 Å². The van der Waals surface area contributed by atoms with Gasteiger partial charge >= 0.3 is 5.97 Å². The van der Waals surface area contributed by atoms with Gasteiger partial charge in [-0.3, -0.25) is 0 Å². The molecule has 0 spiro atoms. The Morgan fingerprint density at radius 3 is 2.83 bits per heavy atom. The Kier molecular flexibility index (Phi) is 6.22. The predicted molar refractivity (Wildman–Crippen MR) is 71.3 cm³/mol. The van der Waals surface area contributed by atoms with Gasteiger partial charge in [0, 0.05) is 6.54 Å². The lowest BCUT2D eigenvalue weighted by Crippen LogP contribution is -2.21. The minimum Gasteiger partial charge on any atom is -0.494 e. The van der Waals surface area contributed by atoms with Crippen molar-refractivity contribution >= 4 is 5.97 Å². The number of benzene rings is 1. The van der Waals surface area contributed by atoms with Crippen LogP contribution in [0.5, 0.6) is 5.75 Å². The summed E-state index contributed by atoms with van der Waals surface area (Å²) in [7, 11) is 2.09. The topological polar surface area (TPSA) is 49.8 Å². The van der Waals surface area contributed by atoms with Gasteiger partial charge in [0.15, 0.2) is 0 Å². The molecule has 0 saturated heterocycles. The quantitative estimate of drug-likeness (QED) is 0.721. The molecule has 4 heteroatoms. The molecule has 100 valence electrons. The highest BCUT2D eigenvalue weighted by atomic mass is 16.5. The van der Waals surface area contributed by atoms with E-state index in [0.29, 0.717) is 12.4 Å². The van der Waals surface area contributed by atoms with Crippen LogP contribution in [-0.2, 0) is 0 Å². The Morgan fingerprint density at radius 1 is 1.39 bits per heavy atom. The van der Waals surface area contributed by atoms with Gasteiger partial charge in [0.1, 0.15) is 5.75 Å². The third-order valence-electron chi connectivity index (χ3n) is 2.64. The van der Waals surface area contributed by atoms with Crippen LogP contribution in [0.1, 0.15) is 30.1 Å². The minimum atomic E-state index is -0.928. The van der Waals surface area contributed by atoms with E-state index in [1.54, 1.807) is 24.3 Å². The van der Waals surface area contributed by atoms with Crippen molar-refractivity contribution in [3.63, 3.8) is 0 Å². The highest BCUT2D eigenvalue weighted by molar-refractivity contribution is 5.87. The maximum Gasteiger partial charge on any atom is 0.335 e. The van der Waals surface area contributed by atoms with E-state index in [4.69, 9.17) is 9.84 Å². The van der Waals surface area contributed by atoms with Crippen molar-refractivity contribution < 1.29 is 14.6 Å². The molecule has 1 aromatic rings. The van der Waals surface area contributed by atoms with E-state index < -0.39 is 5.97 Å². The van der Waals surface area contributed by atoms with E-state index in [2.05, 4.69) is 18.9 Å². The zero-order chi connectivity index (χ0) is 13.4. The molecule has 0 aliphatic carbocycles. The van der Waals surface area contributed by atoms with E-state index in [-0.39, 0.29) is 5.56 Å². The Labute approximate surface area is 108 Å². The molecule has 1 rings (SSSR count). The summed E-state index contributed by atoms with van der Waals surface area (Å²) in [4.78, 5) is 13.0. The van der Waals surface area contributed by atoms with Crippen molar-refractivity contribution in [1.82, 2.24) is 4.90 Å². The molecule has 1 aromatic carbocycles. The molecule has 0 unspecified atom stereocenters. The summed E-state index contributed by atoms with van der Waals surface area (Å²) in [5.41, 5.74) is 0.260. The molecule has 0 amide bonds. The molecule has 0 saturated carbocycles. The summed E-state index contributed by atoms with van der Waals surface area (Å²) in [6, 6.07) is 6.59. The largest absolute Gasteiger partial charge is 0.494 e. The normalized spacial score (nSPS) is 10.6. The molecule has 0 atom stereocenters. The highest BCUT2D eigenvalue weighted by Crippen LogP contribution is 2.13. The third kappa shape index (κ3) is 5.19. The summed E-state index contributed by atoms with van der Waals surface area (Å²) >= 11 is 0. The molecule has 18 heavy (non-hydrogen) atoms. The zero-order valence-corrected chi connectivity index (χ0v) is 11.1. The number of hydrogen-bond acceptors (Lipinski definition) is 3. The lowest BCUT2D eigenvalue weighted by Gasteiger charge is -2.15. The van der Waals surface area contributed by atoms with Gasteiger partial charge < -0.3 is 14.7 Å². The summed E-state index contributed by atoms with van der Waals surface area (Å²) < 4.78 is 5.54. The van der Waals surface area contributed by atoms with Gasteiger partial charge in [0.2, 0.25) is 0 Å². The Balaban J connectivity index is 2.31. The van der Waals surface area contributed by atoms with Gasteiger partial charge in [0.25, 0.3) is 0 Å². The first-order valence-electron chi connectivity index (χ1n) is 6.28. The summed E-state index contributed by atoms with van der Waals surface area (Å²) in [5, 5.41) is 8.85. The van der Waals surface area contributed by atoms with Crippen LogP contribution in [0.3, 0.4) is 0 Å². The Bertz CT molecular complexity index is 379. The second-order valence-corrected chi connectivity index (χ2v) is 4.34. The van der Waals surface area contributed by atoms with Crippen LogP contribution in [0.4, 0.5) is 0 Å². The molecule has 0 bridgehead atoms. The number of aromatic carboxylic acids is 1. The van der Waals surface area contributed by atoms with Gasteiger partial charge in [-0.25, -0.2) is 4.79 Å². The second-order valence-electron chi connectivity index (χ2n) is 4.34. The molecule has 0 heterocycles. The van der Waals surface area contributed by atoms with Crippen LogP contribution in [0, 0.1) is 0 Å². The van der Waals surface area contributed by atoms with Crippen molar-refractivity contribution in [2.45, 2.75) is 19.8 Å². The molecule has 0 aliphatic rings. The van der Waals surface area contributed by atoms with Crippen molar-refractivity contribution in [1.29, 1.82) is 0 Å². The van der Waals surface area contributed by atoms with E-state index in [0.717, 1.165) is 25.9 Å². The van der Waals surface area contributed by atoms with Gasteiger partial charge in [-0.05, 0) is 44.6 Å². The van der Waals surface area contributed by atoms with Gasteiger partial charge in [-0.1, -0.05) is 13.0 Å². The monoisotopic (exact) mass is 251 g/mol. The van der Waals surface area contributed by atoms with Crippen LogP contribution in [0.25, 0.3) is 0 Å². The number of hydrogen-bond donors (Lipinski definition) is 1. The molecule has 0 aliphatic heterocycles. The average Bonchev–Trinajstić information content (AvgIpc) is 2.35. The molecule has 0 radical (unpaired) electrons. The summed E-state index contributed by atoms with van der Waals surface area (Å²) in [5.74, 6) is -0.309. The van der Waals surface area contributed by atoms with Gasteiger partial charge in [-0.2, -0.15) is 0 Å². The Morgan fingerprint density at radius 2 is 2.17 bits per heavy atom. The predicted octanol–water partition coefficient (Wildman–Crippen LogP) is 2.50. The fourth-order valence-corrected chi connectivity index (χ4v) is 1.74.